The zero-order valence-corrected chi connectivity index (χ0v) is 30.1. The normalized spacial score (nSPS) is 33.5. The smallest absolute Gasteiger partial charge is 0.344 e. The maximum absolute atomic E-state index is 13.0. The summed E-state index contributed by atoms with van der Waals surface area (Å²) in [5.74, 6) is 4.84. The summed E-state index contributed by atoms with van der Waals surface area (Å²) in [4.78, 5) is 25.4. The molecule has 256 valence electrons. The standard InChI is InChI=1S/C41H55ClO5/c1-24(2)8-6-9-25(3)32-14-15-33-30-13-12-26-20-27(16-18-40(26,4)34(30)17-19-41(32,33)5)46-38(43)23-45-37-22-36-31(21-35(37)42)28-10-7-11-29(28)39(44)47-36/h12,21-22,24-25,27,30,32-34H,6-11,13-20,23H2,1-5H3. The average molecular weight is 663 g/mol. The third-order valence-electron chi connectivity index (χ3n) is 13.9. The van der Waals surface area contributed by atoms with Gasteiger partial charge in [0.2, 0.25) is 0 Å². The van der Waals surface area contributed by atoms with Gasteiger partial charge in [0.05, 0.1) is 5.02 Å². The van der Waals surface area contributed by atoms with E-state index in [9.17, 15) is 9.59 Å². The van der Waals surface area contributed by atoms with Gasteiger partial charge < -0.3 is 13.9 Å². The topological polar surface area (TPSA) is 65.7 Å². The molecule has 5 aliphatic carbocycles. The second-order valence-electron chi connectivity index (χ2n) is 16.9. The Hall–Kier alpha value is -2.27. The molecular formula is C41H55ClO5. The maximum Gasteiger partial charge on any atom is 0.344 e. The van der Waals surface area contributed by atoms with Crippen LogP contribution in [0.5, 0.6) is 5.75 Å². The molecule has 5 aliphatic rings. The molecule has 2 aromatic rings. The van der Waals surface area contributed by atoms with Crippen molar-refractivity contribution in [3.63, 3.8) is 0 Å². The molecule has 0 bridgehead atoms. The highest BCUT2D eigenvalue weighted by Crippen LogP contribution is 2.67. The first-order valence-corrected chi connectivity index (χ1v) is 19.2. The zero-order valence-electron chi connectivity index (χ0n) is 29.3. The minimum atomic E-state index is -0.382. The van der Waals surface area contributed by atoms with Crippen LogP contribution in [0.15, 0.2) is 33.0 Å². The minimum Gasteiger partial charge on any atom is -0.480 e. The number of ether oxygens (including phenoxy) is 2. The predicted octanol–water partition coefficient (Wildman–Crippen LogP) is 10.3. The van der Waals surface area contributed by atoms with Crippen molar-refractivity contribution in [2.75, 3.05) is 6.61 Å². The highest BCUT2D eigenvalue weighted by molar-refractivity contribution is 6.32. The van der Waals surface area contributed by atoms with E-state index < -0.39 is 0 Å². The van der Waals surface area contributed by atoms with Gasteiger partial charge in [-0.05, 0) is 122 Å². The van der Waals surface area contributed by atoms with Crippen LogP contribution in [-0.4, -0.2) is 18.7 Å². The van der Waals surface area contributed by atoms with Gasteiger partial charge in [-0.15, -0.1) is 0 Å². The Bertz CT molecular complexity index is 1600. The maximum atomic E-state index is 13.0. The van der Waals surface area contributed by atoms with Crippen LogP contribution in [0, 0.1) is 46.3 Å². The molecule has 0 saturated heterocycles. The van der Waals surface area contributed by atoms with Crippen LogP contribution in [0.4, 0.5) is 0 Å². The first-order chi connectivity index (χ1) is 22.5. The Morgan fingerprint density at radius 3 is 2.64 bits per heavy atom. The number of aryl methyl sites for hydroxylation is 1. The summed E-state index contributed by atoms with van der Waals surface area (Å²) >= 11 is 6.56. The van der Waals surface area contributed by atoms with Gasteiger partial charge in [0.25, 0.3) is 0 Å². The van der Waals surface area contributed by atoms with Crippen LogP contribution in [-0.2, 0) is 22.4 Å². The number of benzene rings is 1. The lowest BCUT2D eigenvalue weighted by Crippen LogP contribution is -2.51. The lowest BCUT2D eigenvalue weighted by molar-refractivity contribution is -0.153. The van der Waals surface area contributed by atoms with Crippen LogP contribution >= 0.6 is 11.6 Å². The zero-order chi connectivity index (χ0) is 33.1. The van der Waals surface area contributed by atoms with Crippen LogP contribution in [0.2, 0.25) is 5.02 Å². The van der Waals surface area contributed by atoms with Crippen LogP contribution in [0.25, 0.3) is 11.0 Å². The quantitative estimate of drug-likeness (QED) is 0.152. The van der Waals surface area contributed by atoms with Crippen molar-refractivity contribution in [1.29, 1.82) is 0 Å². The monoisotopic (exact) mass is 662 g/mol. The summed E-state index contributed by atoms with van der Waals surface area (Å²) in [5.41, 5.74) is 4.16. The van der Waals surface area contributed by atoms with Crippen molar-refractivity contribution in [1.82, 2.24) is 0 Å². The Morgan fingerprint density at radius 2 is 1.83 bits per heavy atom. The number of carbonyl (C=O) groups is 1. The van der Waals surface area contributed by atoms with Gasteiger partial charge in [-0.2, -0.15) is 0 Å². The fourth-order valence-corrected chi connectivity index (χ4v) is 11.7. The van der Waals surface area contributed by atoms with Crippen molar-refractivity contribution < 1.29 is 18.7 Å². The minimum absolute atomic E-state index is 0.119. The van der Waals surface area contributed by atoms with Crippen molar-refractivity contribution in [2.45, 2.75) is 131 Å². The predicted molar refractivity (Wildman–Crippen MR) is 188 cm³/mol. The molecule has 0 spiro atoms. The summed E-state index contributed by atoms with van der Waals surface area (Å²) in [7, 11) is 0. The second-order valence-corrected chi connectivity index (χ2v) is 17.3. The molecule has 1 aromatic heterocycles. The van der Waals surface area contributed by atoms with Crippen molar-refractivity contribution in [2.24, 2.45) is 46.3 Å². The summed E-state index contributed by atoms with van der Waals surface area (Å²) < 4.78 is 17.4. The molecule has 0 radical (unpaired) electrons. The SMILES string of the molecule is CC(C)CCCC(C)C1CCC2C3CC=C4CC(OC(=O)COc5cc6oc(=O)c7c(c6cc5Cl)CCC7)CCC4(C)C3CCC12C. The molecule has 8 unspecified atom stereocenters. The van der Waals surface area contributed by atoms with E-state index >= 15 is 0 Å². The molecule has 7 rings (SSSR count). The molecule has 0 N–H and O–H groups in total. The molecular weight excluding hydrogens is 608 g/mol. The van der Waals surface area contributed by atoms with Gasteiger partial charge in [0, 0.05) is 23.4 Å². The summed E-state index contributed by atoms with van der Waals surface area (Å²) in [5, 5.41) is 1.26. The molecule has 47 heavy (non-hydrogen) atoms. The molecule has 1 aromatic carbocycles. The van der Waals surface area contributed by atoms with E-state index in [1.54, 1.807) is 12.1 Å². The molecule has 5 nitrogen and oxygen atoms in total. The van der Waals surface area contributed by atoms with E-state index in [1.165, 1.54) is 56.9 Å². The van der Waals surface area contributed by atoms with E-state index in [0.717, 1.165) is 90.5 Å². The first-order valence-electron chi connectivity index (χ1n) is 18.8. The third-order valence-corrected chi connectivity index (χ3v) is 14.2. The third kappa shape index (κ3) is 5.99. The number of carbonyl (C=O) groups excluding carboxylic acids is 1. The number of rotatable bonds is 9. The molecule has 8 atom stereocenters. The highest BCUT2D eigenvalue weighted by atomic mass is 35.5. The Kier molecular flexibility index (Phi) is 9.11. The summed E-state index contributed by atoms with van der Waals surface area (Å²) in [6, 6.07) is 3.43. The molecule has 1 heterocycles. The fourth-order valence-electron chi connectivity index (χ4n) is 11.5. The van der Waals surface area contributed by atoms with E-state index in [0.29, 0.717) is 21.8 Å². The lowest BCUT2D eigenvalue weighted by atomic mass is 9.47. The van der Waals surface area contributed by atoms with Gasteiger partial charge in [-0.3, -0.25) is 0 Å². The Balaban J connectivity index is 0.966. The van der Waals surface area contributed by atoms with E-state index in [4.69, 9.17) is 25.5 Å². The number of hydrogen-bond acceptors (Lipinski definition) is 5. The number of hydrogen-bond donors (Lipinski definition) is 0. The van der Waals surface area contributed by atoms with Crippen molar-refractivity contribution in [3.8, 4) is 5.75 Å². The molecule has 0 aliphatic heterocycles. The summed E-state index contributed by atoms with van der Waals surface area (Å²) in [6.07, 6.45) is 18.6. The Labute approximate surface area is 286 Å². The average Bonchev–Trinajstić information content (AvgIpc) is 3.66. The second kappa shape index (κ2) is 12.9. The molecule has 0 amide bonds. The number of halogens is 1. The van der Waals surface area contributed by atoms with Gasteiger partial charge in [-0.25, -0.2) is 9.59 Å². The number of allylic oxidation sites excluding steroid dienone is 1. The Morgan fingerprint density at radius 1 is 1.02 bits per heavy atom. The van der Waals surface area contributed by atoms with Crippen molar-refractivity contribution >= 4 is 28.5 Å². The van der Waals surface area contributed by atoms with E-state index in [-0.39, 0.29) is 29.7 Å². The summed E-state index contributed by atoms with van der Waals surface area (Å²) in [6.45, 7) is 12.2. The number of fused-ring (bicyclic) bond motifs is 8. The molecule has 3 fully saturated rings. The van der Waals surface area contributed by atoms with Gasteiger partial charge in [0.1, 0.15) is 17.4 Å². The van der Waals surface area contributed by atoms with Crippen LogP contribution in [0.1, 0.15) is 123 Å². The largest absolute Gasteiger partial charge is 0.480 e. The van der Waals surface area contributed by atoms with Gasteiger partial charge in [-0.1, -0.05) is 77.1 Å². The van der Waals surface area contributed by atoms with Crippen molar-refractivity contribution in [3.05, 3.63) is 50.4 Å². The van der Waals surface area contributed by atoms with Gasteiger partial charge >= 0.3 is 11.6 Å². The fraction of sp³-hybridized carbons (Fsp3) is 0.707. The number of esters is 1. The molecule has 6 heteroatoms. The van der Waals surface area contributed by atoms with Crippen LogP contribution < -0.4 is 10.4 Å². The highest BCUT2D eigenvalue weighted by Gasteiger charge is 2.59. The van der Waals surface area contributed by atoms with E-state index in [1.807, 2.05) is 0 Å². The first kappa shape index (κ1) is 33.2. The van der Waals surface area contributed by atoms with Crippen LogP contribution in [0.3, 0.4) is 0 Å². The molecule has 3 saturated carbocycles. The van der Waals surface area contributed by atoms with Gasteiger partial charge in [0.15, 0.2) is 6.61 Å². The van der Waals surface area contributed by atoms with E-state index in [2.05, 4.69) is 40.7 Å². The lowest BCUT2D eigenvalue weighted by Gasteiger charge is -2.58.